The summed E-state index contributed by atoms with van der Waals surface area (Å²) in [5.74, 6) is 0.0145. The molecule has 1 aromatic carbocycles. The van der Waals surface area contributed by atoms with Crippen molar-refractivity contribution < 1.29 is 9.59 Å². The van der Waals surface area contributed by atoms with Crippen molar-refractivity contribution in [1.82, 2.24) is 10.2 Å². The normalized spacial score (nSPS) is 25.6. The van der Waals surface area contributed by atoms with Crippen molar-refractivity contribution in [1.29, 1.82) is 0 Å². The molecule has 1 fully saturated rings. The highest BCUT2D eigenvalue weighted by Gasteiger charge is 2.35. The van der Waals surface area contributed by atoms with Crippen LogP contribution in [0.15, 0.2) is 29.2 Å². The van der Waals surface area contributed by atoms with Crippen molar-refractivity contribution in [2.24, 2.45) is 0 Å². The summed E-state index contributed by atoms with van der Waals surface area (Å²) in [7, 11) is 0. The van der Waals surface area contributed by atoms with Crippen LogP contribution in [0.3, 0.4) is 0 Å². The van der Waals surface area contributed by atoms with Gasteiger partial charge in [0, 0.05) is 16.7 Å². The van der Waals surface area contributed by atoms with E-state index in [4.69, 9.17) is 0 Å². The Bertz CT molecular complexity index is 521. The van der Waals surface area contributed by atoms with E-state index in [1.54, 1.807) is 4.90 Å². The number of hydrogen-bond donors (Lipinski definition) is 1. The smallest absolute Gasteiger partial charge is 0.243 e. The van der Waals surface area contributed by atoms with E-state index < -0.39 is 0 Å². The number of amides is 2. The first-order chi connectivity index (χ1) is 9.69. The SMILES string of the molecule is CCC1C(=O)NCC(=O)N1CC1Cc2ccccc2S1. The third-order valence-corrected chi connectivity index (χ3v) is 5.22. The average molecular weight is 290 g/mol. The van der Waals surface area contributed by atoms with Gasteiger partial charge in [0.15, 0.2) is 0 Å². The Hall–Kier alpha value is -1.49. The second-order valence-corrected chi connectivity index (χ2v) is 6.58. The quantitative estimate of drug-likeness (QED) is 0.916. The highest BCUT2D eigenvalue weighted by Crippen LogP contribution is 2.37. The number of thioether (sulfide) groups is 1. The van der Waals surface area contributed by atoms with E-state index >= 15 is 0 Å². The third-order valence-electron chi connectivity index (χ3n) is 3.91. The molecule has 0 aliphatic carbocycles. The van der Waals surface area contributed by atoms with Crippen molar-refractivity contribution in [3.63, 3.8) is 0 Å². The van der Waals surface area contributed by atoms with Gasteiger partial charge in [-0.3, -0.25) is 9.59 Å². The molecule has 4 nitrogen and oxygen atoms in total. The second-order valence-electron chi connectivity index (χ2n) is 5.24. The van der Waals surface area contributed by atoms with Crippen LogP contribution >= 0.6 is 11.8 Å². The molecule has 2 heterocycles. The van der Waals surface area contributed by atoms with Gasteiger partial charge in [-0.05, 0) is 24.5 Å². The van der Waals surface area contributed by atoms with E-state index in [1.807, 2.05) is 24.8 Å². The molecule has 2 amide bonds. The fraction of sp³-hybridized carbons (Fsp3) is 0.467. The number of carbonyl (C=O) groups excluding carboxylic acids is 2. The van der Waals surface area contributed by atoms with Gasteiger partial charge in [-0.15, -0.1) is 11.8 Å². The minimum atomic E-state index is -0.305. The van der Waals surface area contributed by atoms with Crippen LogP contribution in [0.1, 0.15) is 18.9 Å². The number of fused-ring (bicyclic) bond motifs is 1. The number of piperazine rings is 1. The molecule has 3 rings (SSSR count). The van der Waals surface area contributed by atoms with Gasteiger partial charge in [-0.2, -0.15) is 0 Å². The highest BCUT2D eigenvalue weighted by atomic mass is 32.2. The van der Waals surface area contributed by atoms with Gasteiger partial charge in [0.1, 0.15) is 6.04 Å². The number of benzene rings is 1. The number of rotatable bonds is 3. The fourth-order valence-electron chi connectivity index (χ4n) is 2.91. The molecule has 5 heteroatoms. The van der Waals surface area contributed by atoms with Crippen molar-refractivity contribution in [2.45, 2.75) is 36.0 Å². The zero-order chi connectivity index (χ0) is 14.1. The van der Waals surface area contributed by atoms with E-state index in [0.29, 0.717) is 18.2 Å². The Labute approximate surface area is 122 Å². The number of nitrogens with one attached hydrogen (secondary N) is 1. The molecule has 0 aromatic heterocycles. The Balaban J connectivity index is 1.71. The third kappa shape index (κ3) is 2.42. The second kappa shape index (κ2) is 5.48. The minimum Gasteiger partial charge on any atom is -0.345 e. The predicted octanol–water partition coefficient (Wildman–Crippen LogP) is 1.44. The van der Waals surface area contributed by atoms with Crippen LogP contribution < -0.4 is 5.32 Å². The highest BCUT2D eigenvalue weighted by molar-refractivity contribution is 8.00. The lowest BCUT2D eigenvalue weighted by molar-refractivity contribution is -0.145. The van der Waals surface area contributed by atoms with Crippen LogP contribution in [0.4, 0.5) is 0 Å². The molecular formula is C15H18N2O2S. The summed E-state index contributed by atoms with van der Waals surface area (Å²) in [6.07, 6.45) is 1.64. The molecule has 2 unspecified atom stereocenters. The van der Waals surface area contributed by atoms with Crippen molar-refractivity contribution in [3.05, 3.63) is 29.8 Å². The number of hydrogen-bond acceptors (Lipinski definition) is 3. The molecule has 106 valence electrons. The van der Waals surface area contributed by atoms with Crippen LogP contribution in [0.25, 0.3) is 0 Å². The maximum atomic E-state index is 12.1. The topological polar surface area (TPSA) is 49.4 Å². The van der Waals surface area contributed by atoms with Gasteiger partial charge >= 0.3 is 0 Å². The molecule has 1 aromatic rings. The zero-order valence-corrected chi connectivity index (χ0v) is 12.3. The molecule has 0 saturated carbocycles. The summed E-state index contributed by atoms with van der Waals surface area (Å²) < 4.78 is 0. The molecule has 0 radical (unpaired) electrons. The summed E-state index contributed by atoms with van der Waals surface area (Å²) in [4.78, 5) is 27.0. The van der Waals surface area contributed by atoms with Crippen molar-refractivity contribution >= 4 is 23.6 Å². The van der Waals surface area contributed by atoms with Crippen molar-refractivity contribution in [2.75, 3.05) is 13.1 Å². The first-order valence-corrected chi connectivity index (χ1v) is 7.88. The fourth-order valence-corrected chi connectivity index (χ4v) is 4.22. The van der Waals surface area contributed by atoms with Gasteiger partial charge < -0.3 is 10.2 Å². The summed E-state index contributed by atoms with van der Waals surface area (Å²) in [6, 6.07) is 8.06. The lowest BCUT2D eigenvalue weighted by Gasteiger charge is -2.35. The van der Waals surface area contributed by atoms with E-state index in [1.165, 1.54) is 10.5 Å². The summed E-state index contributed by atoms with van der Waals surface area (Å²) in [5.41, 5.74) is 1.35. The van der Waals surface area contributed by atoms with Gasteiger partial charge in [0.25, 0.3) is 0 Å². The first-order valence-electron chi connectivity index (χ1n) is 7.00. The Morgan fingerprint density at radius 3 is 2.90 bits per heavy atom. The Morgan fingerprint density at radius 1 is 1.35 bits per heavy atom. The molecule has 1 saturated heterocycles. The lowest BCUT2D eigenvalue weighted by Crippen LogP contribution is -2.59. The first kappa shape index (κ1) is 13.5. The van der Waals surface area contributed by atoms with Crippen molar-refractivity contribution in [3.8, 4) is 0 Å². The van der Waals surface area contributed by atoms with Crippen LogP contribution in [0, 0.1) is 0 Å². The summed E-state index contributed by atoms with van der Waals surface area (Å²) in [6.45, 7) is 2.75. The molecular weight excluding hydrogens is 272 g/mol. The van der Waals surface area contributed by atoms with E-state index in [0.717, 1.165) is 6.42 Å². The van der Waals surface area contributed by atoms with Gasteiger partial charge in [-0.25, -0.2) is 0 Å². The molecule has 1 N–H and O–H groups in total. The van der Waals surface area contributed by atoms with E-state index in [-0.39, 0.29) is 24.4 Å². The lowest BCUT2D eigenvalue weighted by atomic mass is 10.1. The molecule has 0 bridgehead atoms. The van der Waals surface area contributed by atoms with Crippen LogP contribution in [0.2, 0.25) is 0 Å². The Kier molecular flexibility index (Phi) is 3.70. The van der Waals surface area contributed by atoms with Crippen LogP contribution in [-0.4, -0.2) is 41.1 Å². The zero-order valence-electron chi connectivity index (χ0n) is 11.5. The summed E-state index contributed by atoms with van der Waals surface area (Å²) in [5, 5.41) is 3.03. The van der Waals surface area contributed by atoms with E-state index in [9.17, 15) is 9.59 Å². The molecule has 2 aliphatic rings. The summed E-state index contributed by atoms with van der Waals surface area (Å²) >= 11 is 1.82. The van der Waals surface area contributed by atoms with Crippen LogP contribution in [-0.2, 0) is 16.0 Å². The monoisotopic (exact) mass is 290 g/mol. The molecule has 2 atom stereocenters. The molecule has 2 aliphatic heterocycles. The standard InChI is InChI=1S/C15H18N2O2S/c1-2-12-15(19)16-8-14(18)17(12)9-11-7-10-5-3-4-6-13(10)20-11/h3-6,11-12H,2,7-9H2,1H3,(H,16,19). The molecule has 20 heavy (non-hydrogen) atoms. The maximum Gasteiger partial charge on any atom is 0.243 e. The van der Waals surface area contributed by atoms with Crippen LogP contribution in [0.5, 0.6) is 0 Å². The van der Waals surface area contributed by atoms with Gasteiger partial charge in [0.05, 0.1) is 6.54 Å². The predicted molar refractivity (Wildman–Crippen MR) is 78.6 cm³/mol. The van der Waals surface area contributed by atoms with Gasteiger partial charge in [-0.1, -0.05) is 25.1 Å². The molecule has 0 spiro atoms. The minimum absolute atomic E-state index is 0.0207. The van der Waals surface area contributed by atoms with Gasteiger partial charge in [0.2, 0.25) is 11.8 Å². The van der Waals surface area contributed by atoms with E-state index in [2.05, 4.69) is 23.5 Å². The maximum absolute atomic E-state index is 12.1. The Morgan fingerprint density at radius 2 is 2.15 bits per heavy atom. The average Bonchev–Trinajstić information content (AvgIpc) is 2.85. The number of carbonyl (C=O) groups is 2. The number of nitrogens with zero attached hydrogens (tertiary/aromatic N) is 1. The largest absolute Gasteiger partial charge is 0.345 e.